The summed E-state index contributed by atoms with van der Waals surface area (Å²) in [6, 6.07) is 4.39. The summed E-state index contributed by atoms with van der Waals surface area (Å²) in [7, 11) is 3.84. The smallest absolute Gasteiger partial charge is 0.326 e. The summed E-state index contributed by atoms with van der Waals surface area (Å²) in [6.45, 7) is 0. The average Bonchev–Trinajstić information content (AvgIpc) is 3.06. The van der Waals surface area contributed by atoms with Crippen LogP contribution in [-0.2, 0) is 20.8 Å². The first-order chi connectivity index (χ1) is 13.7. The molecule has 154 valence electrons. The number of Topliss-reactive ketones (excluding diaryl/α,β-unsaturated/α-hetero) is 1. The summed E-state index contributed by atoms with van der Waals surface area (Å²) in [5.74, 6) is -2.76. The number of carbonyl (C=O) groups excluding carboxylic acids is 2. The molecule has 0 saturated heterocycles. The van der Waals surface area contributed by atoms with Crippen molar-refractivity contribution in [3.63, 3.8) is 0 Å². The average molecular weight is 401 g/mol. The van der Waals surface area contributed by atoms with Crippen molar-refractivity contribution in [2.24, 2.45) is 0 Å². The van der Waals surface area contributed by atoms with E-state index in [1.165, 1.54) is 0 Å². The molecule has 10 nitrogen and oxygen atoms in total. The minimum atomic E-state index is -1.46. The number of carbonyl (C=O) groups is 3. The van der Waals surface area contributed by atoms with Gasteiger partial charge in [0.15, 0.2) is 0 Å². The number of aliphatic carboxylic acids is 1. The zero-order chi connectivity index (χ0) is 21.6. The first kappa shape index (κ1) is 21.8. The number of nitrogens with one attached hydrogen (secondary N) is 2. The minimum Gasteiger partial charge on any atom is -0.480 e. The molecule has 4 N–H and O–H groups in total. The lowest BCUT2D eigenvalue weighted by atomic mass is 10.0. The Balaban J connectivity index is 2.03. The van der Waals surface area contributed by atoms with Gasteiger partial charge in [0.2, 0.25) is 11.7 Å². The number of aliphatic hydroxyl groups excluding tert-OH is 1. The first-order valence-electron chi connectivity index (χ1n) is 8.91. The Hall–Kier alpha value is -3.49. The van der Waals surface area contributed by atoms with E-state index in [4.69, 9.17) is 5.53 Å². The molecule has 1 amide bonds. The number of aromatic nitrogens is 1. The van der Waals surface area contributed by atoms with Gasteiger partial charge in [-0.15, -0.1) is 0 Å². The number of carboxylic acid groups (broad SMARTS) is 1. The zero-order valence-corrected chi connectivity index (χ0v) is 16.1. The van der Waals surface area contributed by atoms with Gasteiger partial charge in [0.25, 0.3) is 0 Å². The molecule has 0 spiro atoms. The van der Waals surface area contributed by atoms with E-state index in [2.05, 4.69) is 15.1 Å². The number of ketones is 1. The van der Waals surface area contributed by atoms with Crippen LogP contribution in [0.1, 0.15) is 18.4 Å². The second kappa shape index (κ2) is 9.63. The Morgan fingerprint density at radius 3 is 2.69 bits per heavy atom. The van der Waals surface area contributed by atoms with Crippen molar-refractivity contribution in [2.45, 2.75) is 31.4 Å². The standard InChI is InChI=1S/C19H23N5O5/c1-24(2)12-3-5-14-11(9-21-16(14)8-12)7-17(26)18(27)23-15(19(28)29)6-4-13(25)10-22-20/h3,5,8-10,15,17,21,26H,4,6-7H2,1-2H3,(H,23,27)(H,28,29)/t15-,17-/m0/s1. The number of aromatic amines is 1. The highest BCUT2D eigenvalue weighted by molar-refractivity contribution is 6.25. The van der Waals surface area contributed by atoms with Crippen LogP contribution in [0.3, 0.4) is 0 Å². The van der Waals surface area contributed by atoms with Gasteiger partial charge in [0.1, 0.15) is 12.1 Å². The topological polar surface area (TPSA) is 159 Å². The molecule has 0 fully saturated rings. The highest BCUT2D eigenvalue weighted by Gasteiger charge is 2.25. The Labute approximate surface area is 166 Å². The van der Waals surface area contributed by atoms with Gasteiger partial charge in [-0.1, -0.05) is 6.07 Å². The molecule has 0 aliphatic rings. The Morgan fingerprint density at radius 1 is 1.34 bits per heavy atom. The molecule has 2 rings (SSSR count). The number of aliphatic hydroxyl groups is 1. The summed E-state index contributed by atoms with van der Waals surface area (Å²) in [4.78, 5) is 42.5. The first-order valence-corrected chi connectivity index (χ1v) is 8.91. The van der Waals surface area contributed by atoms with Gasteiger partial charge in [0.05, 0.1) is 0 Å². The van der Waals surface area contributed by atoms with Crippen LogP contribution < -0.4 is 10.2 Å². The van der Waals surface area contributed by atoms with Crippen LogP contribution in [-0.4, -0.2) is 70.1 Å². The Bertz CT molecular complexity index is 961. The number of fused-ring (bicyclic) bond motifs is 1. The third kappa shape index (κ3) is 5.74. The van der Waals surface area contributed by atoms with Crippen LogP contribution in [0.25, 0.3) is 16.4 Å². The Morgan fingerprint density at radius 2 is 2.07 bits per heavy atom. The number of anilines is 1. The molecule has 0 unspecified atom stereocenters. The number of carboxylic acids is 1. The van der Waals surface area contributed by atoms with Gasteiger partial charge < -0.3 is 30.9 Å². The normalized spacial score (nSPS) is 12.7. The van der Waals surface area contributed by atoms with Gasteiger partial charge in [-0.05, 0) is 24.1 Å². The molecule has 0 radical (unpaired) electrons. The maximum Gasteiger partial charge on any atom is 0.326 e. The molecule has 1 heterocycles. The zero-order valence-electron chi connectivity index (χ0n) is 16.1. The molecule has 10 heteroatoms. The lowest BCUT2D eigenvalue weighted by Crippen LogP contribution is -2.46. The second-order valence-corrected chi connectivity index (χ2v) is 6.81. The maximum atomic E-state index is 12.2. The van der Waals surface area contributed by atoms with E-state index in [0.29, 0.717) is 11.8 Å². The summed E-state index contributed by atoms with van der Waals surface area (Å²) in [6.07, 6.45) is 0.471. The number of H-pyrrole nitrogens is 1. The lowest BCUT2D eigenvalue weighted by molar-refractivity contribution is -0.143. The fourth-order valence-electron chi connectivity index (χ4n) is 2.86. The Kier molecular flexibility index (Phi) is 7.24. The van der Waals surface area contributed by atoms with Gasteiger partial charge in [-0.2, -0.15) is 4.79 Å². The van der Waals surface area contributed by atoms with E-state index in [-0.39, 0.29) is 19.3 Å². The number of rotatable bonds is 10. The summed E-state index contributed by atoms with van der Waals surface area (Å²) < 4.78 is 0. The molecule has 2 aromatic rings. The number of hydrogen-bond donors (Lipinski definition) is 4. The quantitative estimate of drug-likeness (QED) is 0.255. The van der Waals surface area contributed by atoms with Crippen LogP contribution in [0.15, 0.2) is 24.4 Å². The van der Waals surface area contributed by atoms with E-state index in [1.807, 2.05) is 37.2 Å². The number of benzene rings is 1. The van der Waals surface area contributed by atoms with Gasteiger partial charge in [-0.25, -0.2) is 4.79 Å². The van der Waals surface area contributed by atoms with E-state index in [9.17, 15) is 24.6 Å². The molecule has 2 atom stereocenters. The largest absolute Gasteiger partial charge is 0.480 e. The van der Waals surface area contributed by atoms with Crippen molar-refractivity contribution >= 4 is 40.5 Å². The molecule has 0 aliphatic carbocycles. The van der Waals surface area contributed by atoms with Gasteiger partial charge >= 0.3 is 12.2 Å². The summed E-state index contributed by atoms with van der Waals surface area (Å²) in [5.41, 5.74) is 10.9. The molecule has 0 bridgehead atoms. The molecule has 0 saturated carbocycles. The molecule has 1 aromatic carbocycles. The van der Waals surface area contributed by atoms with E-state index in [1.54, 1.807) is 6.20 Å². The SMILES string of the molecule is CN(C)c1ccc2c(C[C@H](O)C(=O)N[C@@H](CCC(=O)C=[N+]=[N-])C(=O)O)c[nH]c2c1. The highest BCUT2D eigenvalue weighted by Crippen LogP contribution is 2.24. The lowest BCUT2D eigenvalue weighted by Gasteiger charge is -2.16. The summed E-state index contributed by atoms with van der Waals surface area (Å²) in [5, 5.41) is 22.5. The summed E-state index contributed by atoms with van der Waals surface area (Å²) >= 11 is 0. The van der Waals surface area contributed by atoms with E-state index < -0.39 is 29.8 Å². The molecular formula is C19H23N5O5. The van der Waals surface area contributed by atoms with Crippen LogP contribution >= 0.6 is 0 Å². The van der Waals surface area contributed by atoms with Crippen molar-refractivity contribution < 1.29 is 29.4 Å². The van der Waals surface area contributed by atoms with E-state index in [0.717, 1.165) is 16.6 Å². The van der Waals surface area contributed by atoms with Gasteiger partial charge in [-0.3, -0.25) is 9.59 Å². The van der Waals surface area contributed by atoms with Crippen molar-refractivity contribution in [1.29, 1.82) is 0 Å². The fourth-order valence-corrected chi connectivity index (χ4v) is 2.86. The van der Waals surface area contributed by atoms with E-state index >= 15 is 0 Å². The third-order valence-electron chi connectivity index (χ3n) is 4.48. The predicted octanol–water partition coefficient (Wildman–Crippen LogP) is 0.357. The van der Waals surface area contributed by atoms with Crippen LogP contribution in [0, 0.1) is 0 Å². The molecule has 29 heavy (non-hydrogen) atoms. The highest BCUT2D eigenvalue weighted by atomic mass is 16.4. The van der Waals surface area contributed by atoms with Crippen molar-refractivity contribution in [2.75, 3.05) is 19.0 Å². The van der Waals surface area contributed by atoms with Crippen LogP contribution in [0.4, 0.5) is 5.69 Å². The molecule has 0 aliphatic heterocycles. The van der Waals surface area contributed by atoms with Crippen LogP contribution in [0.5, 0.6) is 0 Å². The monoisotopic (exact) mass is 401 g/mol. The van der Waals surface area contributed by atoms with Crippen molar-refractivity contribution in [1.82, 2.24) is 10.3 Å². The second-order valence-electron chi connectivity index (χ2n) is 6.81. The van der Waals surface area contributed by atoms with Gasteiger partial charge in [0, 0.05) is 49.7 Å². The van der Waals surface area contributed by atoms with Crippen molar-refractivity contribution in [3.8, 4) is 0 Å². The van der Waals surface area contributed by atoms with Crippen LogP contribution in [0.2, 0.25) is 0 Å². The van der Waals surface area contributed by atoms with Crippen molar-refractivity contribution in [3.05, 3.63) is 35.5 Å². The predicted molar refractivity (Wildman–Crippen MR) is 106 cm³/mol. The minimum absolute atomic E-state index is 0.00438. The molecular weight excluding hydrogens is 378 g/mol. The number of amides is 1. The maximum absolute atomic E-state index is 12.2. The fraction of sp³-hybridized carbons (Fsp3) is 0.368. The number of hydrogen-bond acceptors (Lipinski definition) is 5. The third-order valence-corrected chi connectivity index (χ3v) is 4.48. The number of nitrogens with zero attached hydrogens (tertiary/aromatic N) is 3. The molecule has 1 aromatic heterocycles.